The van der Waals surface area contributed by atoms with E-state index in [1.54, 1.807) is 7.11 Å². The number of hydrogen-bond donors (Lipinski definition) is 1. The van der Waals surface area contributed by atoms with E-state index in [9.17, 15) is 0 Å². The zero-order valence-corrected chi connectivity index (χ0v) is 11.5. The van der Waals surface area contributed by atoms with Crippen LogP contribution in [0.2, 0.25) is 0 Å². The molecular formula is C15H20N2O2. The molecule has 0 amide bonds. The molecule has 1 unspecified atom stereocenters. The maximum absolute atomic E-state index is 5.98. The Morgan fingerprint density at radius 3 is 3.05 bits per heavy atom. The number of fused-ring (bicyclic) bond motifs is 1. The lowest BCUT2D eigenvalue weighted by Crippen LogP contribution is -2.24. The van der Waals surface area contributed by atoms with E-state index >= 15 is 0 Å². The van der Waals surface area contributed by atoms with Crippen LogP contribution in [-0.4, -0.2) is 38.7 Å². The molecule has 1 aliphatic rings. The van der Waals surface area contributed by atoms with Crippen molar-refractivity contribution in [3.8, 4) is 5.75 Å². The largest absolute Gasteiger partial charge is 0.497 e. The highest BCUT2D eigenvalue weighted by Crippen LogP contribution is 2.29. The molecule has 1 aromatic heterocycles. The molecule has 0 spiro atoms. The summed E-state index contributed by atoms with van der Waals surface area (Å²) in [6, 6.07) is 8.41. The van der Waals surface area contributed by atoms with Gasteiger partial charge in [-0.3, -0.25) is 0 Å². The van der Waals surface area contributed by atoms with Gasteiger partial charge in [0.05, 0.1) is 13.2 Å². The molecule has 0 saturated carbocycles. The van der Waals surface area contributed by atoms with E-state index in [4.69, 9.17) is 9.15 Å². The number of nitrogens with one attached hydrogen (secondary N) is 1. The Labute approximate surface area is 113 Å². The Morgan fingerprint density at radius 2 is 2.21 bits per heavy atom. The SMILES string of the molecule is COc1ccc2cc(C3CCN(C)CCN3)oc2c1. The zero-order valence-electron chi connectivity index (χ0n) is 11.5. The van der Waals surface area contributed by atoms with Crippen LogP contribution in [0.5, 0.6) is 5.75 Å². The third-order valence-corrected chi connectivity index (χ3v) is 3.77. The third-order valence-electron chi connectivity index (χ3n) is 3.77. The molecule has 19 heavy (non-hydrogen) atoms. The van der Waals surface area contributed by atoms with Gasteiger partial charge < -0.3 is 19.4 Å². The lowest BCUT2D eigenvalue weighted by molar-refractivity contribution is 0.351. The molecule has 2 aromatic rings. The van der Waals surface area contributed by atoms with Crippen LogP contribution in [0, 0.1) is 0 Å². The van der Waals surface area contributed by atoms with Crippen molar-refractivity contribution in [1.29, 1.82) is 0 Å². The molecule has 2 heterocycles. The Hall–Kier alpha value is -1.52. The quantitative estimate of drug-likeness (QED) is 0.900. The molecule has 4 heteroatoms. The van der Waals surface area contributed by atoms with Crippen molar-refractivity contribution in [3.05, 3.63) is 30.0 Å². The molecule has 1 aliphatic heterocycles. The van der Waals surface area contributed by atoms with Gasteiger partial charge in [0.2, 0.25) is 0 Å². The zero-order chi connectivity index (χ0) is 13.2. The predicted molar refractivity (Wildman–Crippen MR) is 75.6 cm³/mol. The second-order valence-electron chi connectivity index (χ2n) is 5.15. The van der Waals surface area contributed by atoms with Crippen molar-refractivity contribution in [2.75, 3.05) is 33.8 Å². The number of furan rings is 1. The topological polar surface area (TPSA) is 37.6 Å². The van der Waals surface area contributed by atoms with Crippen LogP contribution in [0.1, 0.15) is 18.2 Å². The van der Waals surface area contributed by atoms with Crippen molar-refractivity contribution < 1.29 is 9.15 Å². The highest BCUT2D eigenvalue weighted by atomic mass is 16.5. The number of nitrogens with zero attached hydrogens (tertiary/aromatic N) is 1. The van der Waals surface area contributed by atoms with Crippen LogP contribution in [0.4, 0.5) is 0 Å². The van der Waals surface area contributed by atoms with Gasteiger partial charge in [-0.25, -0.2) is 0 Å². The Balaban J connectivity index is 1.87. The van der Waals surface area contributed by atoms with Crippen molar-refractivity contribution in [2.45, 2.75) is 12.5 Å². The predicted octanol–water partition coefficient (Wildman–Crippen LogP) is 2.41. The Morgan fingerprint density at radius 1 is 1.32 bits per heavy atom. The molecule has 1 atom stereocenters. The first kappa shape index (κ1) is 12.5. The number of hydrogen-bond acceptors (Lipinski definition) is 4. The smallest absolute Gasteiger partial charge is 0.138 e. The fourth-order valence-corrected chi connectivity index (χ4v) is 2.57. The average molecular weight is 260 g/mol. The molecule has 0 bridgehead atoms. The summed E-state index contributed by atoms with van der Waals surface area (Å²) in [6.07, 6.45) is 1.08. The van der Waals surface area contributed by atoms with Crippen LogP contribution in [0.3, 0.4) is 0 Å². The number of rotatable bonds is 2. The Bertz CT molecular complexity index is 564. The molecule has 4 nitrogen and oxygen atoms in total. The summed E-state index contributed by atoms with van der Waals surface area (Å²) >= 11 is 0. The van der Waals surface area contributed by atoms with Crippen LogP contribution in [0.25, 0.3) is 11.0 Å². The van der Waals surface area contributed by atoms with Crippen LogP contribution >= 0.6 is 0 Å². The highest BCUT2D eigenvalue weighted by Gasteiger charge is 2.19. The first-order valence-corrected chi connectivity index (χ1v) is 6.75. The third kappa shape index (κ3) is 2.60. The maximum Gasteiger partial charge on any atom is 0.138 e. The average Bonchev–Trinajstić information content (AvgIpc) is 2.73. The minimum Gasteiger partial charge on any atom is -0.497 e. The standard InChI is InChI=1S/C15H20N2O2/c1-17-7-5-13(16-6-8-17)15-9-11-3-4-12(18-2)10-14(11)19-15/h3-4,9-10,13,16H,5-8H2,1-2H3. The minimum absolute atomic E-state index is 0.309. The van der Waals surface area contributed by atoms with Crippen molar-refractivity contribution in [1.82, 2.24) is 10.2 Å². The summed E-state index contributed by atoms with van der Waals surface area (Å²) < 4.78 is 11.2. The van der Waals surface area contributed by atoms with Crippen LogP contribution in [-0.2, 0) is 0 Å². The van der Waals surface area contributed by atoms with Gasteiger partial charge in [0.1, 0.15) is 17.1 Å². The second kappa shape index (κ2) is 5.23. The van der Waals surface area contributed by atoms with Crippen LogP contribution in [0.15, 0.2) is 28.7 Å². The normalized spacial score (nSPS) is 21.5. The van der Waals surface area contributed by atoms with Gasteiger partial charge in [-0.05, 0) is 38.2 Å². The van der Waals surface area contributed by atoms with E-state index in [0.717, 1.165) is 48.5 Å². The number of benzene rings is 1. The van der Waals surface area contributed by atoms with E-state index in [1.165, 1.54) is 0 Å². The summed E-state index contributed by atoms with van der Waals surface area (Å²) in [5, 5.41) is 4.69. The molecule has 1 saturated heterocycles. The molecular weight excluding hydrogens is 240 g/mol. The van der Waals surface area contributed by atoms with Gasteiger partial charge in [0, 0.05) is 24.5 Å². The number of ether oxygens (including phenoxy) is 1. The van der Waals surface area contributed by atoms with Gasteiger partial charge >= 0.3 is 0 Å². The minimum atomic E-state index is 0.309. The maximum atomic E-state index is 5.98. The first-order valence-electron chi connectivity index (χ1n) is 6.75. The summed E-state index contributed by atoms with van der Waals surface area (Å²) in [5.41, 5.74) is 0.897. The van der Waals surface area contributed by atoms with Crippen LogP contribution < -0.4 is 10.1 Å². The van der Waals surface area contributed by atoms with E-state index < -0.39 is 0 Å². The lowest BCUT2D eigenvalue weighted by Gasteiger charge is -2.12. The first-order chi connectivity index (χ1) is 9.26. The van der Waals surface area contributed by atoms with Crippen molar-refractivity contribution in [3.63, 3.8) is 0 Å². The second-order valence-corrected chi connectivity index (χ2v) is 5.15. The monoisotopic (exact) mass is 260 g/mol. The molecule has 3 rings (SSSR count). The lowest BCUT2D eigenvalue weighted by atomic mass is 10.1. The van der Waals surface area contributed by atoms with E-state index in [1.807, 2.05) is 18.2 Å². The molecule has 102 valence electrons. The van der Waals surface area contributed by atoms with Crippen molar-refractivity contribution >= 4 is 11.0 Å². The Kier molecular flexibility index (Phi) is 3.44. The number of methoxy groups -OCH3 is 1. The van der Waals surface area contributed by atoms with Gasteiger partial charge in [-0.2, -0.15) is 0 Å². The summed E-state index contributed by atoms with van der Waals surface area (Å²) in [5.74, 6) is 1.86. The van der Waals surface area contributed by atoms with E-state index in [0.29, 0.717) is 6.04 Å². The van der Waals surface area contributed by atoms with E-state index in [2.05, 4.69) is 23.3 Å². The summed E-state index contributed by atoms with van der Waals surface area (Å²) in [6.45, 7) is 3.18. The van der Waals surface area contributed by atoms with E-state index in [-0.39, 0.29) is 0 Å². The summed E-state index contributed by atoms with van der Waals surface area (Å²) in [4.78, 5) is 2.35. The molecule has 1 aromatic carbocycles. The fourth-order valence-electron chi connectivity index (χ4n) is 2.57. The van der Waals surface area contributed by atoms with Gasteiger partial charge in [-0.15, -0.1) is 0 Å². The van der Waals surface area contributed by atoms with Gasteiger partial charge in [0.25, 0.3) is 0 Å². The molecule has 0 aliphatic carbocycles. The molecule has 0 radical (unpaired) electrons. The molecule has 1 fully saturated rings. The number of likely N-dealkylation sites (N-methyl/N-ethyl adjacent to an activating group) is 1. The van der Waals surface area contributed by atoms with Crippen molar-refractivity contribution in [2.24, 2.45) is 0 Å². The fraction of sp³-hybridized carbons (Fsp3) is 0.467. The highest BCUT2D eigenvalue weighted by molar-refractivity contribution is 5.79. The summed E-state index contributed by atoms with van der Waals surface area (Å²) in [7, 11) is 3.83. The molecule has 1 N–H and O–H groups in total. The van der Waals surface area contributed by atoms with Gasteiger partial charge in [0.15, 0.2) is 0 Å². The van der Waals surface area contributed by atoms with Gasteiger partial charge in [-0.1, -0.05) is 0 Å².